The molecule has 0 saturated carbocycles. The Labute approximate surface area is 211 Å². The number of hydrogen-bond acceptors (Lipinski definition) is 5. The number of carbonyl (C=O) groups is 1. The summed E-state index contributed by atoms with van der Waals surface area (Å²) in [6.07, 6.45) is 3.71. The number of aliphatic hydroxyl groups is 1. The predicted octanol–water partition coefficient (Wildman–Crippen LogP) is 4.97. The molecular weight excluding hydrogens is 478 g/mol. The number of aromatic nitrogens is 3. The first-order chi connectivity index (χ1) is 17.7. The summed E-state index contributed by atoms with van der Waals surface area (Å²) in [4.78, 5) is 24.4. The zero-order valence-corrected chi connectivity index (χ0v) is 20.3. The van der Waals surface area contributed by atoms with Gasteiger partial charge in [0.25, 0.3) is 5.91 Å². The number of benzene rings is 2. The number of alkyl halides is 2. The molecule has 0 unspecified atom stereocenters. The van der Waals surface area contributed by atoms with Crippen LogP contribution >= 0.6 is 0 Å². The molecule has 7 rings (SSSR count). The Balaban J connectivity index is 1.41. The van der Waals surface area contributed by atoms with Gasteiger partial charge in [-0.2, -0.15) is 8.78 Å². The Kier molecular flexibility index (Phi) is 4.58. The molecule has 3 atom stereocenters. The number of imidazole rings is 1. The van der Waals surface area contributed by atoms with Gasteiger partial charge in [-0.05, 0) is 61.2 Å². The van der Waals surface area contributed by atoms with Gasteiger partial charge >= 0.3 is 6.61 Å². The second-order valence-electron chi connectivity index (χ2n) is 10.3. The molecule has 1 N–H and O–H groups in total. The van der Waals surface area contributed by atoms with Crippen molar-refractivity contribution in [2.24, 2.45) is 0 Å². The molecule has 2 aliphatic heterocycles. The number of aryl methyl sites for hydroxylation is 1. The van der Waals surface area contributed by atoms with Crippen LogP contribution in [0.5, 0.6) is 5.75 Å². The average molecular weight is 503 g/mol. The molecule has 1 aliphatic carbocycles. The molecule has 2 aromatic carbocycles. The zero-order valence-electron chi connectivity index (χ0n) is 20.3. The van der Waals surface area contributed by atoms with Crippen LogP contribution < -0.4 is 4.74 Å². The number of amides is 1. The van der Waals surface area contributed by atoms with Crippen molar-refractivity contribution in [3.8, 4) is 16.9 Å². The van der Waals surface area contributed by atoms with E-state index in [1.807, 2.05) is 18.2 Å². The van der Waals surface area contributed by atoms with Gasteiger partial charge in [-0.1, -0.05) is 12.1 Å². The number of hydrogen-bond donors (Lipinski definition) is 1. The Morgan fingerprint density at radius 1 is 1.16 bits per heavy atom. The molecule has 0 saturated heterocycles. The fourth-order valence-electron chi connectivity index (χ4n) is 6.30. The zero-order chi connectivity index (χ0) is 25.6. The van der Waals surface area contributed by atoms with Crippen molar-refractivity contribution >= 4 is 16.9 Å². The van der Waals surface area contributed by atoms with E-state index in [0.29, 0.717) is 24.0 Å². The predicted molar refractivity (Wildman–Crippen MR) is 132 cm³/mol. The number of rotatable bonds is 3. The van der Waals surface area contributed by atoms with Gasteiger partial charge in [0.15, 0.2) is 0 Å². The normalized spacial score (nSPS) is 23.8. The Morgan fingerprint density at radius 3 is 2.81 bits per heavy atom. The topological polar surface area (TPSA) is 80.5 Å². The number of fused-ring (bicyclic) bond motifs is 10. The third-order valence-corrected chi connectivity index (χ3v) is 8.10. The highest BCUT2D eigenvalue weighted by molar-refractivity contribution is 5.98. The van der Waals surface area contributed by atoms with Crippen molar-refractivity contribution in [1.29, 1.82) is 0 Å². The molecular formula is C28H24F2N4O3. The molecule has 4 heterocycles. The van der Waals surface area contributed by atoms with Gasteiger partial charge in [0.05, 0.1) is 28.8 Å². The minimum Gasteiger partial charge on any atom is -0.434 e. The number of carbonyl (C=O) groups excluding carboxylic acids is 1. The molecule has 4 aromatic rings. The highest BCUT2D eigenvalue weighted by Gasteiger charge is 2.45. The fraction of sp³-hybridized carbons (Fsp3) is 0.321. The average Bonchev–Trinajstić information content (AvgIpc) is 3.50. The molecule has 9 heteroatoms. The molecule has 2 bridgehead atoms. The summed E-state index contributed by atoms with van der Waals surface area (Å²) in [5.41, 5.74) is 5.18. The second kappa shape index (κ2) is 7.58. The largest absolute Gasteiger partial charge is 0.434 e. The van der Waals surface area contributed by atoms with Crippen molar-refractivity contribution < 1.29 is 23.4 Å². The Hall–Kier alpha value is -3.85. The standard InChI is InChI=1S/C28H24F2N4O3/c1-28(36)9-8-15-10-16(13-31-24(15)28)14-6-7-18-19(11-14)34-20-12-21(25(34)32-18)33(2)26(35)17-4-3-5-22(23(17)20)37-27(29)30/h3-7,10-11,13,20-21,27,36H,8-9,12H2,1-2H3/t20-,21-,28+/m1/s1. The second-order valence-corrected chi connectivity index (χ2v) is 10.3. The van der Waals surface area contributed by atoms with Gasteiger partial charge in [-0.15, -0.1) is 0 Å². The minimum atomic E-state index is -3.00. The fourth-order valence-corrected chi connectivity index (χ4v) is 6.30. The molecule has 7 nitrogen and oxygen atoms in total. The van der Waals surface area contributed by atoms with E-state index in [9.17, 15) is 18.7 Å². The third-order valence-electron chi connectivity index (χ3n) is 8.10. The summed E-state index contributed by atoms with van der Waals surface area (Å²) >= 11 is 0. The van der Waals surface area contributed by atoms with Crippen LogP contribution in [0.4, 0.5) is 8.78 Å². The Bertz CT molecular complexity index is 1610. The highest BCUT2D eigenvalue weighted by Crippen LogP contribution is 2.50. The molecule has 1 amide bonds. The van der Waals surface area contributed by atoms with Crippen LogP contribution in [-0.4, -0.2) is 44.1 Å². The lowest BCUT2D eigenvalue weighted by molar-refractivity contribution is -0.0507. The van der Waals surface area contributed by atoms with Crippen LogP contribution in [0.2, 0.25) is 0 Å². The molecule has 0 fully saturated rings. The van der Waals surface area contributed by atoms with Crippen LogP contribution in [0.1, 0.15) is 64.9 Å². The minimum absolute atomic E-state index is 0.0145. The number of pyridine rings is 1. The van der Waals surface area contributed by atoms with E-state index in [2.05, 4.69) is 15.6 Å². The maximum absolute atomic E-state index is 13.3. The van der Waals surface area contributed by atoms with Crippen molar-refractivity contribution in [2.75, 3.05) is 7.05 Å². The molecule has 0 radical (unpaired) electrons. The van der Waals surface area contributed by atoms with E-state index in [4.69, 9.17) is 9.72 Å². The lowest BCUT2D eigenvalue weighted by Gasteiger charge is -2.24. The van der Waals surface area contributed by atoms with Gasteiger partial charge in [-0.3, -0.25) is 9.78 Å². The molecule has 37 heavy (non-hydrogen) atoms. The van der Waals surface area contributed by atoms with Crippen molar-refractivity contribution in [3.63, 3.8) is 0 Å². The van der Waals surface area contributed by atoms with Crippen molar-refractivity contribution in [2.45, 2.75) is 50.5 Å². The molecule has 188 valence electrons. The Morgan fingerprint density at radius 2 is 2.00 bits per heavy atom. The van der Waals surface area contributed by atoms with E-state index in [1.54, 1.807) is 37.2 Å². The smallest absolute Gasteiger partial charge is 0.387 e. The number of nitrogens with zero attached hydrogens (tertiary/aromatic N) is 4. The van der Waals surface area contributed by atoms with Gasteiger partial charge in [-0.25, -0.2) is 4.98 Å². The number of halogens is 2. The first-order valence-electron chi connectivity index (χ1n) is 12.3. The van der Waals surface area contributed by atoms with E-state index in [0.717, 1.165) is 45.7 Å². The summed E-state index contributed by atoms with van der Waals surface area (Å²) in [7, 11) is 1.73. The summed E-state index contributed by atoms with van der Waals surface area (Å²) in [5, 5.41) is 10.6. The lowest BCUT2D eigenvalue weighted by Crippen LogP contribution is -2.30. The van der Waals surface area contributed by atoms with Crippen molar-refractivity contribution in [1.82, 2.24) is 19.4 Å². The molecule has 3 aliphatic rings. The van der Waals surface area contributed by atoms with E-state index in [1.165, 1.54) is 6.07 Å². The van der Waals surface area contributed by atoms with E-state index in [-0.39, 0.29) is 23.7 Å². The van der Waals surface area contributed by atoms with Gasteiger partial charge in [0, 0.05) is 36.4 Å². The molecule has 2 aromatic heterocycles. The molecule has 0 spiro atoms. The first-order valence-corrected chi connectivity index (χ1v) is 12.3. The summed E-state index contributed by atoms with van der Waals surface area (Å²) in [6, 6.07) is 12.1. The van der Waals surface area contributed by atoms with Gasteiger partial charge < -0.3 is 19.3 Å². The quantitative estimate of drug-likeness (QED) is 0.428. The van der Waals surface area contributed by atoms with E-state index < -0.39 is 12.2 Å². The van der Waals surface area contributed by atoms with Crippen LogP contribution in [0.25, 0.3) is 22.2 Å². The maximum atomic E-state index is 13.3. The van der Waals surface area contributed by atoms with Gasteiger partial charge in [0.1, 0.15) is 17.2 Å². The summed E-state index contributed by atoms with van der Waals surface area (Å²) in [6.45, 7) is -1.21. The summed E-state index contributed by atoms with van der Waals surface area (Å²) in [5.74, 6) is 0.510. The van der Waals surface area contributed by atoms with E-state index >= 15 is 0 Å². The monoisotopic (exact) mass is 502 g/mol. The van der Waals surface area contributed by atoms with Gasteiger partial charge in [0.2, 0.25) is 0 Å². The lowest BCUT2D eigenvalue weighted by atomic mass is 9.97. The van der Waals surface area contributed by atoms with Crippen LogP contribution in [0, 0.1) is 0 Å². The van der Waals surface area contributed by atoms with Crippen LogP contribution in [-0.2, 0) is 12.0 Å². The maximum Gasteiger partial charge on any atom is 0.387 e. The number of ether oxygens (including phenoxy) is 1. The third kappa shape index (κ3) is 3.16. The highest BCUT2D eigenvalue weighted by atomic mass is 19.3. The van der Waals surface area contributed by atoms with Crippen LogP contribution in [0.15, 0.2) is 48.7 Å². The summed E-state index contributed by atoms with van der Waals surface area (Å²) < 4.78 is 33.6. The van der Waals surface area contributed by atoms with Crippen LogP contribution in [0.3, 0.4) is 0 Å². The SMILES string of the molecule is CN1C(=O)c2cccc(OC(F)F)c2[C@H]2C[C@@H]1c1nc3ccc(-c4cnc5c(c4)CC[C@]5(C)O)cc3n12. The van der Waals surface area contributed by atoms with Crippen molar-refractivity contribution in [3.05, 3.63) is 76.9 Å². The first kappa shape index (κ1) is 22.4.